The van der Waals surface area contributed by atoms with Crippen LogP contribution in [0.25, 0.3) is 0 Å². The van der Waals surface area contributed by atoms with Crippen LogP contribution in [0.4, 0.5) is 0 Å². The number of nitrogens with zero attached hydrogens (tertiary/aromatic N) is 1. The van der Waals surface area contributed by atoms with Crippen molar-refractivity contribution < 1.29 is 4.74 Å². The van der Waals surface area contributed by atoms with Crippen molar-refractivity contribution in [2.45, 2.75) is 45.1 Å². The van der Waals surface area contributed by atoms with E-state index < -0.39 is 5.60 Å². The lowest BCUT2D eigenvalue weighted by Crippen LogP contribution is -2.47. The normalized spacial score (nSPS) is 34.2. The second-order valence-corrected chi connectivity index (χ2v) is 4.23. The Hall–Kier alpha value is -0.550. The first-order valence-electron chi connectivity index (χ1n) is 4.54. The molecule has 0 aromatic rings. The molecule has 0 amide bonds. The van der Waals surface area contributed by atoms with Gasteiger partial charge in [0.15, 0.2) is 5.60 Å². The van der Waals surface area contributed by atoms with E-state index in [4.69, 9.17) is 10.00 Å². The van der Waals surface area contributed by atoms with Gasteiger partial charge in [0.05, 0.1) is 6.07 Å². The first kappa shape index (κ1) is 9.54. The van der Waals surface area contributed by atoms with Crippen molar-refractivity contribution in [2.75, 3.05) is 7.11 Å². The molecular weight excluding hydrogens is 150 g/mol. The minimum absolute atomic E-state index is 0.00868. The van der Waals surface area contributed by atoms with Gasteiger partial charge in [0.1, 0.15) is 0 Å². The van der Waals surface area contributed by atoms with E-state index in [2.05, 4.69) is 19.9 Å². The summed E-state index contributed by atoms with van der Waals surface area (Å²) in [6.07, 6.45) is 4.31. The lowest BCUT2D eigenvalue weighted by Gasteiger charge is -2.44. The molecular formula is C10H17NO. The molecule has 0 aliphatic heterocycles. The number of hydrogen-bond acceptors (Lipinski definition) is 2. The average molecular weight is 167 g/mol. The molecule has 0 aromatic carbocycles. The number of hydrogen-bond donors (Lipinski definition) is 0. The Balaban J connectivity index is 2.91. The zero-order valence-electron chi connectivity index (χ0n) is 8.18. The van der Waals surface area contributed by atoms with E-state index in [1.54, 1.807) is 7.11 Å². The summed E-state index contributed by atoms with van der Waals surface area (Å²) >= 11 is 0. The Morgan fingerprint density at radius 2 is 1.83 bits per heavy atom. The van der Waals surface area contributed by atoms with E-state index in [-0.39, 0.29) is 5.41 Å². The summed E-state index contributed by atoms with van der Waals surface area (Å²) in [5.41, 5.74) is -0.528. The van der Waals surface area contributed by atoms with Gasteiger partial charge in [-0.2, -0.15) is 5.26 Å². The highest BCUT2D eigenvalue weighted by Crippen LogP contribution is 2.45. The molecule has 1 aliphatic rings. The minimum atomic E-state index is -0.536. The second kappa shape index (κ2) is 3.06. The van der Waals surface area contributed by atoms with Crippen LogP contribution in [0.5, 0.6) is 0 Å². The number of methoxy groups -OCH3 is 1. The summed E-state index contributed by atoms with van der Waals surface area (Å²) in [7, 11) is 1.65. The summed E-state index contributed by atoms with van der Waals surface area (Å²) < 4.78 is 5.38. The van der Waals surface area contributed by atoms with Crippen molar-refractivity contribution >= 4 is 0 Å². The fraction of sp³-hybridized carbons (Fsp3) is 0.900. The molecule has 0 bridgehead atoms. The molecule has 12 heavy (non-hydrogen) atoms. The van der Waals surface area contributed by atoms with Gasteiger partial charge in [0.25, 0.3) is 0 Å². The Morgan fingerprint density at radius 3 is 2.17 bits per heavy atom. The van der Waals surface area contributed by atoms with Crippen LogP contribution < -0.4 is 0 Å². The fourth-order valence-electron chi connectivity index (χ4n) is 2.11. The summed E-state index contributed by atoms with van der Waals surface area (Å²) in [5, 5.41) is 9.10. The predicted molar refractivity (Wildman–Crippen MR) is 47.6 cm³/mol. The van der Waals surface area contributed by atoms with Crippen LogP contribution in [0, 0.1) is 16.7 Å². The van der Waals surface area contributed by atoms with Gasteiger partial charge in [-0.3, -0.25) is 0 Å². The third-order valence-electron chi connectivity index (χ3n) is 3.20. The molecule has 0 spiro atoms. The van der Waals surface area contributed by atoms with Gasteiger partial charge in [-0.15, -0.1) is 0 Å². The smallest absolute Gasteiger partial charge is 0.158 e. The highest BCUT2D eigenvalue weighted by atomic mass is 16.5. The molecule has 0 saturated heterocycles. The minimum Gasteiger partial charge on any atom is -0.363 e. The summed E-state index contributed by atoms with van der Waals surface area (Å²) in [5.74, 6) is 0. The van der Waals surface area contributed by atoms with Crippen LogP contribution in [-0.2, 0) is 4.74 Å². The lowest BCUT2D eigenvalue weighted by molar-refractivity contribution is -0.0815. The molecule has 68 valence electrons. The summed E-state index contributed by atoms with van der Waals surface area (Å²) in [6.45, 7) is 4.25. The summed E-state index contributed by atoms with van der Waals surface area (Å²) in [4.78, 5) is 0. The number of rotatable bonds is 1. The highest BCUT2D eigenvalue weighted by molar-refractivity contribution is 5.12. The SMILES string of the molecule is COC1(C#N)CCCCC1(C)C. The van der Waals surface area contributed by atoms with Crippen LogP contribution in [0.3, 0.4) is 0 Å². The maximum absolute atomic E-state index is 9.10. The van der Waals surface area contributed by atoms with Crippen molar-refractivity contribution in [3.8, 4) is 6.07 Å². The molecule has 0 radical (unpaired) electrons. The van der Waals surface area contributed by atoms with Crippen LogP contribution in [0.15, 0.2) is 0 Å². The van der Waals surface area contributed by atoms with Gasteiger partial charge in [-0.25, -0.2) is 0 Å². The second-order valence-electron chi connectivity index (χ2n) is 4.23. The van der Waals surface area contributed by atoms with Crippen LogP contribution in [0.1, 0.15) is 39.5 Å². The van der Waals surface area contributed by atoms with Crippen LogP contribution in [0.2, 0.25) is 0 Å². The van der Waals surface area contributed by atoms with E-state index in [0.717, 1.165) is 19.3 Å². The quantitative estimate of drug-likeness (QED) is 0.601. The lowest BCUT2D eigenvalue weighted by atomic mass is 9.66. The monoisotopic (exact) mass is 167 g/mol. The molecule has 1 saturated carbocycles. The number of ether oxygens (including phenoxy) is 1. The molecule has 1 fully saturated rings. The Kier molecular flexibility index (Phi) is 2.44. The zero-order chi connectivity index (χ0) is 9.24. The molecule has 1 atom stereocenters. The molecule has 2 nitrogen and oxygen atoms in total. The fourth-order valence-corrected chi connectivity index (χ4v) is 2.11. The molecule has 2 heteroatoms. The van der Waals surface area contributed by atoms with Gasteiger partial charge < -0.3 is 4.74 Å². The predicted octanol–water partition coefficient (Wildman–Crippen LogP) is 2.50. The standard InChI is InChI=1S/C10H17NO/c1-9(2)6-4-5-7-10(9,8-11)12-3/h4-7H2,1-3H3. The van der Waals surface area contributed by atoms with Gasteiger partial charge in [-0.1, -0.05) is 20.3 Å². The van der Waals surface area contributed by atoms with Crippen molar-refractivity contribution in [1.82, 2.24) is 0 Å². The van der Waals surface area contributed by atoms with Crippen molar-refractivity contribution in [3.63, 3.8) is 0 Å². The Labute approximate surface area is 74.5 Å². The van der Waals surface area contributed by atoms with Gasteiger partial charge in [0, 0.05) is 12.5 Å². The maximum atomic E-state index is 9.10. The molecule has 0 N–H and O–H groups in total. The van der Waals surface area contributed by atoms with Crippen molar-refractivity contribution in [2.24, 2.45) is 5.41 Å². The first-order valence-corrected chi connectivity index (χ1v) is 4.54. The molecule has 1 unspecified atom stereocenters. The van der Waals surface area contributed by atoms with Gasteiger partial charge in [0.2, 0.25) is 0 Å². The van der Waals surface area contributed by atoms with Crippen LogP contribution >= 0.6 is 0 Å². The Morgan fingerprint density at radius 1 is 1.25 bits per heavy atom. The maximum Gasteiger partial charge on any atom is 0.158 e. The Bertz CT molecular complexity index is 204. The zero-order valence-corrected chi connectivity index (χ0v) is 8.18. The summed E-state index contributed by atoms with van der Waals surface area (Å²) in [6, 6.07) is 2.34. The van der Waals surface area contributed by atoms with Gasteiger partial charge >= 0.3 is 0 Å². The van der Waals surface area contributed by atoms with Crippen molar-refractivity contribution in [3.05, 3.63) is 0 Å². The van der Waals surface area contributed by atoms with E-state index in [0.29, 0.717) is 0 Å². The first-order chi connectivity index (χ1) is 5.58. The van der Waals surface area contributed by atoms with E-state index in [1.807, 2.05) is 0 Å². The topological polar surface area (TPSA) is 33.0 Å². The van der Waals surface area contributed by atoms with E-state index in [1.165, 1.54) is 6.42 Å². The van der Waals surface area contributed by atoms with E-state index in [9.17, 15) is 0 Å². The van der Waals surface area contributed by atoms with Crippen molar-refractivity contribution in [1.29, 1.82) is 5.26 Å². The third kappa shape index (κ3) is 1.23. The highest BCUT2D eigenvalue weighted by Gasteiger charge is 2.47. The van der Waals surface area contributed by atoms with Gasteiger partial charge in [-0.05, 0) is 19.3 Å². The third-order valence-corrected chi connectivity index (χ3v) is 3.20. The molecule has 1 aliphatic carbocycles. The largest absolute Gasteiger partial charge is 0.363 e. The average Bonchev–Trinajstić information content (AvgIpc) is 2.05. The number of nitriles is 1. The molecule has 1 rings (SSSR count). The molecule has 0 aromatic heterocycles. The van der Waals surface area contributed by atoms with Crippen LogP contribution in [-0.4, -0.2) is 12.7 Å². The van der Waals surface area contributed by atoms with E-state index >= 15 is 0 Å². The molecule has 0 heterocycles.